The molecule has 4 saturated heterocycles. The summed E-state index contributed by atoms with van der Waals surface area (Å²) in [4.78, 5) is 0. The summed E-state index contributed by atoms with van der Waals surface area (Å²) in [6.45, 7) is 8.78. The molecule has 4 N–H and O–H groups in total. The van der Waals surface area contributed by atoms with Crippen molar-refractivity contribution in [2.24, 2.45) is 17.8 Å². The molecule has 0 aromatic carbocycles. The maximum Gasteiger partial charge on any atom is 0.00699 e. The molecular weight excluding hydrogens is 464 g/mol. The summed E-state index contributed by atoms with van der Waals surface area (Å²) in [5.74, 6) is 3.22. The van der Waals surface area contributed by atoms with Crippen LogP contribution < -0.4 is 21.3 Å². The van der Waals surface area contributed by atoms with Crippen molar-refractivity contribution in [2.75, 3.05) is 45.8 Å². The second-order valence-electron chi connectivity index (χ2n) is 13.3. The Morgan fingerprint density at radius 2 is 0.711 bits per heavy atom. The van der Waals surface area contributed by atoms with Gasteiger partial charge in [-0.1, -0.05) is 89.9 Å². The van der Waals surface area contributed by atoms with Crippen molar-refractivity contribution < 1.29 is 0 Å². The quantitative estimate of drug-likeness (QED) is 0.301. The highest BCUT2D eigenvalue weighted by Gasteiger charge is 2.33. The van der Waals surface area contributed by atoms with E-state index in [1.807, 2.05) is 0 Å². The van der Waals surface area contributed by atoms with Crippen LogP contribution in [0.25, 0.3) is 0 Å². The molecule has 1 unspecified atom stereocenters. The Labute approximate surface area is 238 Å². The average molecular weight is 533 g/mol. The molecule has 4 aliphatic heterocycles. The van der Waals surface area contributed by atoms with Crippen LogP contribution in [0.3, 0.4) is 0 Å². The molecule has 6 fully saturated rings. The van der Waals surface area contributed by atoms with Gasteiger partial charge in [0.1, 0.15) is 0 Å². The van der Waals surface area contributed by atoms with Gasteiger partial charge in [-0.05, 0) is 121 Å². The Morgan fingerprint density at radius 3 is 1.00 bits per heavy atom. The molecular formula is C34H68N4. The molecule has 0 amide bonds. The Hall–Kier alpha value is -0.160. The summed E-state index contributed by atoms with van der Waals surface area (Å²) in [5, 5.41) is 13.7. The molecule has 38 heavy (non-hydrogen) atoms. The second kappa shape index (κ2) is 22.5. The molecule has 2 saturated carbocycles. The van der Waals surface area contributed by atoms with E-state index in [4.69, 9.17) is 0 Å². The van der Waals surface area contributed by atoms with Crippen molar-refractivity contribution in [3.8, 4) is 0 Å². The van der Waals surface area contributed by atoms with Gasteiger partial charge in [0.2, 0.25) is 0 Å². The third-order valence-electron chi connectivity index (χ3n) is 10.1. The van der Waals surface area contributed by atoms with Crippen LogP contribution in [0.4, 0.5) is 0 Å². The van der Waals surface area contributed by atoms with Crippen molar-refractivity contribution in [1.82, 2.24) is 21.3 Å². The Bertz CT molecular complexity index is 416. The fourth-order valence-corrected chi connectivity index (χ4v) is 7.75. The lowest BCUT2D eigenvalue weighted by molar-refractivity contribution is 0.118. The first kappa shape index (κ1) is 32.4. The average Bonchev–Trinajstić information content (AvgIpc) is 3.05. The van der Waals surface area contributed by atoms with Gasteiger partial charge >= 0.3 is 0 Å². The van der Waals surface area contributed by atoms with Crippen molar-refractivity contribution in [3.05, 3.63) is 0 Å². The smallest absolute Gasteiger partial charge is 0.00699 e. The summed E-state index contributed by atoms with van der Waals surface area (Å²) < 4.78 is 0. The van der Waals surface area contributed by atoms with Gasteiger partial charge in [0.15, 0.2) is 0 Å². The summed E-state index contributed by atoms with van der Waals surface area (Å²) in [6.07, 6.45) is 33.8. The summed E-state index contributed by atoms with van der Waals surface area (Å²) in [6, 6.07) is 0.859. The van der Waals surface area contributed by atoms with Gasteiger partial charge in [0.05, 0.1) is 0 Å². The van der Waals surface area contributed by atoms with Gasteiger partial charge < -0.3 is 21.3 Å². The van der Waals surface area contributed by atoms with Gasteiger partial charge in [0, 0.05) is 6.04 Å². The third kappa shape index (κ3) is 15.0. The number of hydrogen-bond acceptors (Lipinski definition) is 4. The molecule has 4 heterocycles. The minimum atomic E-state index is 0.859. The minimum Gasteiger partial charge on any atom is -0.317 e. The lowest BCUT2D eigenvalue weighted by Gasteiger charge is -2.40. The molecule has 0 spiro atoms. The van der Waals surface area contributed by atoms with Crippen LogP contribution in [0.5, 0.6) is 0 Å². The Kier molecular flexibility index (Phi) is 19.2. The van der Waals surface area contributed by atoms with E-state index in [0.717, 1.165) is 23.8 Å². The topological polar surface area (TPSA) is 48.1 Å². The monoisotopic (exact) mass is 533 g/mol. The molecule has 2 aliphatic carbocycles. The molecule has 0 aromatic rings. The van der Waals surface area contributed by atoms with E-state index in [1.165, 1.54) is 168 Å². The molecule has 6 rings (SSSR count). The Morgan fingerprint density at radius 1 is 0.368 bits per heavy atom. The van der Waals surface area contributed by atoms with Crippen molar-refractivity contribution >= 4 is 0 Å². The standard InChI is InChI=1S/C19H35N.3C5H11N/c1-3-9-16(10-4-1)19(17-11-5-2-6-12-17)15-18-13-7-8-14-20-18;3*1-2-4-6-5-3-1/h16-20H,1-15H2;3*6H,1-5H2. The van der Waals surface area contributed by atoms with E-state index in [-0.39, 0.29) is 0 Å². The van der Waals surface area contributed by atoms with Crippen molar-refractivity contribution in [3.63, 3.8) is 0 Å². The van der Waals surface area contributed by atoms with E-state index in [0.29, 0.717) is 0 Å². The predicted molar refractivity (Wildman–Crippen MR) is 167 cm³/mol. The van der Waals surface area contributed by atoms with E-state index >= 15 is 0 Å². The van der Waals surface area contributed by atoms with Crippen LogP contribution in [0.15, 0.2) is 0 Å². The third-order valence-corrected chi connectivity index (χ3v) is 10.1. The molecule has 6 aliphatic rings. The van der Waals surface area contributed by atoms with Gasteiger partial charge in [-0.2, -0.15) is 0 Å². The summed E-state index contributed by atoms with van der Waals surface area (Å²) in [5.41, 5.74) is 0. The van der Waals surface area contributed by atoms with Crippen LogP contribution >= 0.6 is 0 Å². The van der Waals surface area contributed by atoms with Gasteiger partial charge in [-0.15, -0.1) is 0 Å². The van der Waals surface area contributed by atoms with Gasteiger partial charge in [0.25, 0.3) is 0 Å². The molecule has 4 nitrogen and oxygen atoms in total. The van der Waals surface area contributed by atoms with Crippen LogP contribution in [-0.2, 0) is 0 Å². The number of piperidine rings is 4. The van der Waals surface area contributed by atoms with E-state index in [2.05, 4.69) is 21.3 Å². The number of hydrogen-bond donors (Lipinski definition) is 4. The highest BCUT2D eigenvalue weighted by molar-refractivity contribution is 4.86. The molecule has 1 atom stereocenters. The zero-order chi connectivity index (χ0) is 26.4. The normalized spacial score (nSPS) is 27.6. The molecule has 0 aromatic heterocycles. The Balaban J connectivity index is 0.000000178. The first-order chi connectivity index (χ1) is 18.9. The van der Waals surface area contributed by atoms with Crippen LogP contribution in [0, 0.1) is 17.8 Å². The fourth-order valence-electron chi connectivity index (χ4n) is 7.75. The highest BCUT2D eigenvalue weighted by atomic mass is 14.9. The summed E-state index contributed by atoms with van der Waals surface area (Å²) in [7, 11) is 0. The largest absolute Gasteiger partial charge is 0.317 e. The molecule has 0 bridgehead atoms. The van der Waals surface area contributed by atoms with Crippen LogP contribution in [0.1, 0.15) is 148 Å². The van der Waals surface area contributed by atoms with Crippen LogP contribution in [-0.4, -0.2) is 51.9 Å². The summed E-state index contributed by atoms with van der Waals surface area (Å²) >= 11 is 0. The van der Waals surface area contributed by atoms with Crippen LogP contribution in [0.2, 0.25) is 0 Å². The van der Waals surface area contributed by atoms with Gasteiger partial charge in [-0.3, -0.25) is 0 Å². The predicted octanol–water partition coefficient (Wildman–Crippen LogP) is 7.58. The van der Waals surface area contributed by atoms with Crippen molar-refractivity contribution in [1.29, 1.82) is 0 Å². The number of rotatable bonds is 4. The maximum atomic E-state index is 3.83. The zero-order valence-electron chi connectivity index (χ0n) is 25.5. The SMILES string of the molecule is C1CCC(C(CC2CCCCN2)C2CCCCC2)CC1.C1CCNCC1.C1CCNCC1.C1CCNCC1. The van der Waals surface area contributed by atoms with Gasteiger partial charge in [-0.25, -0.2) is 0 Å². The lowest BCUT2D eigenvalue weighted by Crippen LogP contribution is -2.39. The van der Waals surface area contributed by atoms with E-state index in [9.17, 15) is 0 Å². The van der Waals surface area contributed by atoms with E-state index < -0.39 is 0 Å². The zero-order valence-corrected chi connectivity index (χ0v) is 25.5. The highest BCUT2D eigenvalue weighted by Crippen LogP contribution is 2.42. The fraction of sp³-hybridized carbons (Fsp3) is 1.00. The van der Waals surface area contributed by atoms with E-state index in [1.54, 1.807) is 25.7 Å². The second-order valence-corrected chi connectivity index (χ2v) is 13.3. The maximum absolute atomic E-state index is 3.83. The minimum absolute atomic E-state index is 0.859. The molecule has 4 heteroatoms. The lowest BCUT2D eigenvalue weighted by atomic mass is 9.67. The number of nitrogens with one attached hydrogen (secondary N) is 4. The molecule has 224 valence electrons. The molecule has 0 radical (unpaired) electrons. The first-order valence-corrected chi connectivity index (χ1v) is 17.8. The first-order valence-electron chi connectivity index (χ1n) is 17.8. The van der Waals surface area contributed by atoms with Crippen molar-refractivity contribution in [2.45, 2.75) is 154 Å².